The van der Waals surface area contributed by atoms with Gasteiger partial charge in [-0.2, -0.15) is 0 Å². The fourth-order valence-electron chi connectivity index (χ4n) is 2.63. The molecule has 2 aromatic carbocycles. The molecule has 5 heteroatoms. The molecule has 2 aromatic rings. The lowest BCUT2D eigenvalue weighted by Crippen LogP contribution is -2.08. The number of nitrogens with one attached hydrogen (secondary N) is 1. The summed E-state index contributed by atoms with van der Waals surface area (Å²) in [6.07, 6.45) is 1.80. The number of nitrogens with zero attached hydrogens (tertiary/aromatic N) is 1. The minimum absolute atomic E-state index is 0.00250. The lowest BCUT2D eigenvalue weighted by Gasteiger charge is -2.16. The average molecular weight is 272 g/mol. The highest BCUT2D eigenvalue weighted by Gasteiger charge is 2.23. The molecule has 1 unspecified atom stereocenters. The van der Waals surface area contributed by atoms with E-state index in [1.54, 1.807) is 0 Å². The third kappa shape index (κ3) is 2.22. The SMILES string of the molecule is O=[N+]([O-])c1ccc(F)c(NC2CCc3ccccc32)c1. The Balaban J connectivity index is 1.89. The van der Waals surface area contributed by atoms with Gasteiger partial charge < -0.3 is 5.32 Å². The van der Waals surface area contributed by atoms with Crippen LogP contribution in [-0.4, -0.2) is 4.92 Å². The number of fused-ring (bicyclic) bond motifs is 1. The van der Waals surface area contributed by atoms with Crippen LogP contribution < -0.4 is 5.32 Å². The zero-order valence-electron chi connectivity index (χ0n) is 10.7. The summed E-state index contributed by atoms with van der Waals surface area (Å²) in [5.74, 6) is -0.472. The van der Waals surface area contributed by atoms with E-state index in [-0.39, 0.29) is 17.4 Å². The number of benzene rings is 2. The first kappa shape index (κ1) is 12.6. The third-order valence-electron chi connectivity index (χ3n) is 3.62. The quantitative estimate of drug-likeness (QED) is 0.682. The van der Waals surface area contributed by atoms with Crippen molar-refractivity contribution in [3.8, 4) is 0 Å². The number of hydrogen-bond donors (Lipinski definition) is 1. The molecule has 0 amide bonds. The molecule has 0 radical (unpaired) electrons. The number of anilines is 1. The predicted molar refractivity (Wildman–Crippen MR) is 74.2 cm³/mol. The van der Waals surface area contributed by atoms with Gasteiger partial charge in [0.15, 0.2) is 0 Å². The van der Waals surface area contributed by atoms with Crippen LogP contribution in [0.4, 0.5) is 15.8 Å². The van der Waals surface area contributed by atoms with Crippen LogP contribution in [0, 0.1) is 15.9 Å². The van der Waals surface area contributed by atoms with E-state index >= 15 is 0 Å². The monoisotopic (exact) mass is 272 g/mol. The van der Waals surface area contributed by atoms with Crippen molar-refractivity contribution in [3.05, 3.63) is 69.5 Å². The van der Waals surface area contributed by atoms with Gasteiger partial charge in [0.2, 0.25) is 0 Å². The topological polar surface area (TPSA) is 55.2 Å². The first-order valence-corrected chi connectivity index (χ1v) is 6.43. The van der Waals surface area contributed by atoms with Gasteiger partial charge in [0.05, 0.1) is 16.7 Å². The van der Waals surface area contributed by atoms with E-state index in [0.29, 0.717) is 0 Å². The van der Waals surface area contributed by atoms with E-state index in [0.717, 1.165) is 24.5 Å². The van der Waals surface area contributed by atoms with Crippen LogP contribution in [0.5, 0.6) is 0 Å². The Morgan fingerprint density at radius 3 is 2.85 bits per heavy atom. The van der Waals surface area contributed by atoms with Crippen LogP contribution in [0.1, 0.15) is 23.6 Å². The second kappa shape index (κ2) is 4.92. The zero-order valence-corrected chi connectivity index (χ0v) is 10.7. The minimum Gasteiger partial charge on any atom is -0.376 e. The van der Waals surface area contributed by atoms with Gasteiger partial charge in [0, 0.05) is 12.1 Å². The molecule has 0 saturated carbocycles. The Hall–Kier alpha value is -2.43. The predicted octanol–water partition coefficient (Wildman–Crippen LogP) is 3.83. The van der Waals surface area contributed by atoms with Gasteiger partial charge in [-0.1, -0.05) is 24.3 Å². The normalized spacial score (nSPS) is 16.8. The highest BCUT2D eigenvalue weighted by Crippen LogP contribution is 2.34. The van der Waals surface area contributed by atoms with Crippen molar-refractivity contribution in [1.29, 1.82) is 0 Å². The highest BCUT2D eigenvalue weighted by atomic mass is 19.1. The molecule has 3 rings (SSSR count). The van der Waals surface area contributed by atoms with Gasteiger partial charge in [0.1, 0.15) is 5.82 Å². The smallest absolute Gasteiger partial charge is 0.271 e. The van der Waals surface area contributed by atoms with Gasteiger partial charge in [-0.3, -0.25) is 10.1 Å². The third-order valence-corrected chi connectivity index (χ3v) is 3.62. The number of nitro benzene ring substituents is 1. The van der Waals surface area contributed by atoms with Crippen LogP contribution in [-0.2, 0) is 6.42 Å². The first-order chi connectivity index (χ1) is 9.65. The number of non-ortho nitro benzene ring substituents is 1. The maximum atomic E-state index is 13.8. The molecule has 0 heterocycles. The lowest BCUT2D eigenvalue weighted by molar-refractivity contribution is -0.384. The molecule has 0 fully saturated rings. The number of halogens is 1. The molecule has 0 aliphatic heterocycles. The molecule has 0 spiro atoms. The van der Waals surface area contributed by atoms with Crippen molar-refractivity contribution in [3.63, 3.8) is 0 Å². The Labute approximate surface area is 115 Å². The Morgan fingerprint density at radius 2 is 2.05 bits per heavy atom. The Bertz CT molecular complexity index is 673. The number of nitro groups is 1. The van der Waals surface area contributed by atoms with Crippen molar-refractivity contribution in [1.82, 2.24) is 0 Å². The van der Waals surface area contributed by atoms with E-state index in [2.05, 4.69) is 11.4 Å². The van der Waals surface area contributed by atoms with E-state index in [1.807, 2.05) is 18.2 Å². The molecule has 1 atom stereocenters. The maximum absolute atomic E-state index is 13.8. The van der Waals surface area contributed by atoms with Gasteiger partial charge in [-0.25, -0.2) is 4.39 Å². The molecular weight excluding hydrogens is 259 g/mol. The van der Waals surface area contributed by atoms with E-state index in [4.69, 9.17) is 0 Å². The van der Waals surface area contributed by atoms with Gasteiger partial charge in [-0.15, -0.1) is 0 Å². The summed E-state index contributed by atoms with van der Waals surface area (Å²) >= 11 is 0. The van der Waals surface area contributed by atoms with Crippen LogP contribution in [0.2, 0.25) is 0 Å². The molecule has 0 saturated heterocycles. The van der Waals surface area contributed by atoms with Crippen LogP contribution >= 0.6 is 0 Å². The van der Waals surface area contributed by atoms with Crippen LogP contribution in [0.25, 0.3) is 0 Å². The molecule has 102 valence electrons. The summed E-state index contributed by atoms with van der Waals surface area (Å²) < 4.78 is 13.8. The molecule has 1 N–H and O–H groups in total. The molecule has 0 aromatic heterocycles. The standard InChI is InChI=1S/C15H13FN2O2/c16-13-7-6-11(18(19)20)9-15(13)17-14-8-5-10-3-1-2-4-12(10)14/h1-4,6-7,9,14,17H,5,8H2. The Morgan fingerprint density at radius 1 is 1.25 bits per heavy atom. The molecule has 1 aliphatic carbocycles. The second-order valence-electron chi connectivity index (χ2n) is 4.86. The van der Waals surface area contributed by atoms with E-state index in [9.17, 15) is 14.5 Å². The van der Waals surface area contributed by atoms with E-state index in [1.165, 1.54) is 17.7 Å². The summed E-state index contributed by atoms with van der Waals surface area (Å²) in [6.45, 7) is 0. The molecular formula is C15H13FN2O2. The zero-order chi connectivity index (χ0) is 14.1. The molecule has 1 aliphatic rings. The molecule has 0 bridgehead atoms. The summed E-state index contributed by atoms with van der Waals surface area (Å²) in [5, 5.41) is 13.8. The summed E-state index contributed by atoms with van der Waals surface area (Å²) in [5.41, 5.74) is 2.45. The van der Waals surface area contributed by atoms with Crippen molar-refractivity contribution in [2.24, 2.45) is 0 Å². The maximum Gasteiger partial charge on any atom is 0.271 e. The van der Waals surface area contributed by atoms with E-state index < -0.39 is 10.7 Å². The van der Waals surface area contributed by atoms with Gasteiger partial charge >= 0.3 is 0 Å². The van der Waals surface area contributed by atoms with Crippen LogP contribution in [0.15, 0.2) is 42.5 Å². The molecule has 20 heavy (non-hydrogen) atoms. The van der Waals surface area contributed by atoms with Gasteiger partial charge in [-0.05, 0) is 30.0 Å². The molecule has 4 nitrogen and oxygen atoms in total. The van der Waals surface area contributed by atoms with Crippen molar-refractivity contribution >= 4 is 11.4 Å². The number of hydrogen-bond acceptors (Lipinski definition) is 3. The lowest BCUT2D eigenvalue weighted by atomic mass is 10.1. The fraction of sp³-hybridized carbons (Fsp3) is 0.200. The number of aryl methyl sites for hydroxylation is 1. The van der Waals surface area contributed by atoms with Crippen LogP contribution in [0.3, 0.4) is 0 Å². The first-order valence-electron chi connectivity index (χ1n) is 6.43. The number of rotatable bonds is 3. The second-order valence-corrected chi connectivity index (χ2v) is 4.86. The largest absolute Gasteiger partial charge is 0.376 e. The van der Waals surface area contributed by atoms with Crippen molar-refractivity contribution in [2.45, 2.75) is 18.9 Å². The Kier molecular flexibility index (Phi) is 3.10. The summed E-state index contributed by atoms with van der Waals surface area (Å²) in [4.78, 5) is 10.2. The minimum atomic E-state index is -0.521. The highest BCUT2D eigenvalue weighted by molar-refractivity contribution is 5.54. The summed E-state index contributed by atoms with van der Waals surface area (Å²) in [7, 11) is 0. The fourth-order valence-corrected chi connectivity index (χ4v) is 2.63. The average Bonchev–Trinajstić information content (AvgIpc) is 2.84. The van der Waals surface area contributed by atoms with Crippen molar-refractivity contribution in [2.75, 3.05) is 5.32 Å². The summed E-state index contributed by atoms with van der Waals surface area (Å²) in [6, 6.07) is 11.5. The van der Waals surface area contributed by atoms with Crippen molar-refractivity contribution < 1.29 is 9.31 Å². The van der Waals surface area contributed by atoms with Gasteiger partial charge in [0.25, 0.3) is 5.69 Å².